The number of rotatable bonds is 4. The van der Waals surface area contributed by atoms with Gasteiger partial charge in [-0.25, -0.2) is 0 Å². The predicted molar refractivity (Wildman–Crippen MR) is 87.8 cm³/mol. The third-order valence-corrected chi connectivity index (χ3v) is 4.05. The number of amides is 1. The normalized spacial score (nSPS) is 9.90. The minimum absolute atomic E-state index is 0. The van der Waals surface area contributed by atoms with Crippen molar-refractivity contribution < 1.29 is 4.79 Å². The Bertz CT molecular complexity index is 569. The molecule has 2 aromatic rings. The number of nitrogens with zero attached hydrogens (tertiary/aromatic N) is 1. The van der Waals surface area contributed by atoms with E-state index in [9.17, 15) is 4.79 Å². The van der Waals surface area contributed by atoms with E-state index in [2.05, 4.69) is 11.4 Å². The second kappa shape index (κ2) is 7.31. The number of nitrogen functional groups attached to an aromatic ring is 1. The average molecular weight is 311 g/mol. The zero-order valence-electron chi connectivity index (χ0n) is 11.6. The average Bonchev–Trinajstić information content (AvgIpc) is 2.91. The number of aryl methyl sites for hydroxylation is 1. The van der Waals surface area contributed by atoms with E-state index in [1.165, 1.54) is 4.88 Å². The maximum atomic E-state index is 12.4. The molecule has 1 aromatic heterocycles. The van der Waals surface area contributed by atoms with Crippen molar-refractivity contribution in [1.29, 1.82) is 0 Å². The molecule has 0 saturated carbocycles. The van der Waals surface area contributed by atoms with Gasteiger partial charge in [0.2, 0.25) is 0 Å². The van der Waals surface area contributed by atoms with Gasteiger partial charge in [-0.2, -0.15) is 0 Å². The van der Waals surface area contributed by atoms with Gasteiger partial charge in [0.25, 0.3) is 5.91 Å². The molecule has 2 N–H and O–H groups in total. The fraction of sp³-hybridized carbons (Fsp3) is 0.267. The molecule has 0 aliphatic carbocycles. The lowest BCUT2D eigenvalue weighted by Gasteiger charge is -2.18. The summed E-state index contributed by atoms with van der Waals surface area (Å²) in [6.45, 7) is 2.65. The van der Waals surface area contributed by atoms with Crippen LogP contribution in [-0.2, 0) is 6.42 Å². The number of halogens is 1. The summed E-state index contributed by atoms with van der Waals surface area (Å²) in [7, 11) is 1.83. The Balaban J connectivity index is 0.00000200. The van der Waals surface area contributed by atoms with Crippen LogP contribution in [0.4, 0.5) is 5.69 Å². The summed E-state index contributed by atoms with van der Waals surface area (Å²) in [5, 5.41) is 2.05. The van der Waals surface area contributed by atoms with Gasteiger partial charge in [-0.05, 0) is 42.5 Å². The lowest BCUT2D eigenvalue weighted by molar-refractivity contribution is 0.0796. The molecule has 0 aliphatic rings. The van der Waals surface area contributed by atoms with Crippen molar-refractivity contribution in [2.75, 3.05) is 19.3 Å². The molecule has 5 heteroatoms. The second-order valence-corrected chi connectivity index (χ2v) is 5.66. The van der Waals surface area contributed by atoms with Crippen LogP contribution >= 0.6 is 23.7 Å². The molecule has 0 radical (unpaired) electrons. The smallest absolute Gasteiger partial charge is 0.253 e. The summed E-state index contributed by atoms with van der Waals surface area (Å²) in [5.74, 6) is 0.0290. The highest BCUT2D eigenvalue weighted by atomic mass is 35.5. The van der Waals surface area contributed by atoms with E-state index in [4.69, 9.17) is 5.73 Å². The first-order valence-corrected chi connectivity index (χ1v) is 7.10. The number of nitrogens with two attached hydrogens (primary N) is 1. The zero-order chi connectivity index (χ0) is 13.8. The molecule has 1 heterocycles. The number of carbonyl (C=O) groups excluding carboxylic acids is 1. The van der Waals surface area contributed by atoms with E-state index in [-0.39, 0.29) is 18.3 Å². The van der Waals surface area contributed by atoms with Crippen LogP contribution in [0, 0.1) is 6.92 Å². The molecular formula is C15H19ClN2OS. The number of likely N-dealkylation sites (N-methyl/N-ethyl adjacent to an activating group) is 1. The molecule has 0 atom stereocenters. The van der Waals surface area contributed by atoms with E-state index >= 15 is 0 Å². The molecule has 1 amide bonds. The van der Waals surface area contributed by atoms with Crippen molar-refractivity contribution in [3.63, 3.8) is 0 Å². The Kier molecular flexibility index (Phi) is 6.05. The molecule has 3 nitrogen and oxygen atoms in total. The summed E-state index contributed by atoms with van der Waals surface area (Å²) in [4.78, 5) is 15.4. The molecule has 0 aliphatic heterocycles. The monoisotopic (exact) mass is 310 g/mol. The van der Waals surface area contributed by atoms with Gasteiger partial charge in [-0.3, -0.25) is 4.79 Å². The fourth-order valence-corrected chi connectivity index (χ4v) is 2.61. The first-order chi connectivity index (χ1) is 9.08. The Hall–Kier alpha value is -1.52. The first kappa shape index (κ1) is 16.5. The van der Waals surface area contributed by atoms with Crippen LogP contribution in [0.15, 0.2) is 35.7 Å². The summed E-state index contributed by atoms with van der Waals surface area (Å²) < 4.78 is 0. The molecule has 108 valence electrons. The molecule has 0 bridgehead atoms. The van der Waals surface area contributed by atoms with E-state index < -0.39 is 0 Å². The second-order valence-electron chi connectivity index (χ2n) is 4.63. The molecule has 0 saturated heterocycles. The van der Waals surface area contributed by atoms with Crippen molar-refractivity contribution in [3.8, 4) is 0 Å². The van der Waals surface area contributed by atoms with Gasteiger partial charge in [-0.15, -0.1) is 23.7 Å². The number of hydrogen-bond donors (Lipinski definition) is 1. The number of thiophene rings is 1. The highest BCUT2D eigenvalue weighted by molar-refractivity contribution is 7.09. The highest BCUT2D eigenvalue weighted by Crippen LogP contribution is 2.15. The van der Waals surface area contributed by atoms with Gasteiger partial charge in [0.05, 0.1) is 0 Å². The van der Waals surface area contributed by atoms with Gasteiger partial charge in [0.15, 0.2) is 0 Å². The molecule has 2 rings (SSSR count). The predicted octanol–water partition coefficient (Wildman–Crippen LogP) is 3.38. The van der Waals surface area contributed by atoms with Crippen molar-refractivity contribution in [1.82, 2.24) is 4.90 Å². The van der Waals surface area contributed by atoms with E-state index in [1.807, 2.05) is 32.2 Å². The van der Waals surface area contributed by atoms with E-state index in [1.54, 1.807) is 22.3 Å². The summed E-state index contributed by atoms with van der Waals surface area (Å²) in [5.41, 5.74) is 8.02. The number of hydrogen-bond acceptors (Lipinski definition) is 3. The van der Waals surface area contributed by atoms with Crippen molar-refractivity contribution in [3.05, 3.63) is 51.7 Å². The quantitative estimate of drug-likeness (QED) is 0.880. The molecule has 0 spiro atoms. The van der Waals surface area contributed by atoms with Crippen molar-refractivity contribution >= 4 is 35.3 Å². The SMILES string of the molecule is Cc1ccc(N)cc1C(=O)N(C)CCc1cccs1.Cl. The summed E-state index contributed by atoms with van der Waals surface area (Å²) in [6, 6.07) is 9.57. The van der Waals surface area contributed by atoms with Crippen LogP contribution < -0.4 is 5.73 Å². The van der Waals surface area contributed by atoms with Gasteiger partial charge in [0, 0.05) is 29.7 Å². The Morgan fingerprint density at radius 1 is 1.35 bits per heavy atom. The minimum atomic E-state index is 0. The Morgan fingerprint density at radius 2 is 2.10 bits per heavy atom. The van der Waals surface area contributed by atoms with Crippen LogP contribution in [0.1, 0.15) is 20.8 Å². The van der Waals surface area contributed by atoms with Crippen LogP contribution in [-0.4, -0.2) is 24.4 Å². The van der Waals surface area contributed by atoms with Crippen molar-refractivity contribution in [2.45, 2.75) is 13.3 Å². The van der Waals surface area contributed by atoms with E-state index in [0.29, 0.717) is 17.8 Å². The highest BCUT2D eigenvalue weighted by Gasteiger charge is 2.14. The van der Waals surface area contributed by atoms with E-state index in [0.717, 1.165) is 12.0 Å². The number of anilines is 1. The molecule has 0 unspecified atom stereocenters. The first-order valence-electron chi connectivity index (χ1n) is 6.22. The maximum Gasteiger partial charge on any atom is 0.253 e. The van der Waals surface area contributed by atoms with Crippen LogP contribution in [0.3, 0.4) is 0 Å². The van der Waals surface area contributed by atoms with Gasteiger partial charge < -0.3 is 10.6 Å². The third-order valence-electron chi connectivity index (χ3n) is 3.11. The Labute approximate surface area is 129 Å². The topological polar surface area (TPSA) is 46.3 Å². The number of benzene rings is 1. The number of carbonyl (C=O) groups is 1. The fourth-order valence-electron chi connectivity index (χ4n) is 1.91. The lowest BCUT2D eigenvalue weighted by Crippen LogP contribution is -2.29. The largest absolute Gasteiger partial charge is 0.399 e. The van der Waals surface area contributed by atoms with Crippen LogP contribution in [0.2, 0.25) is 0 Å². The third kappa shape index (κ3) is 3.99. The Morgan fingerprint density at radius 3 is 2.75 bits per heavy atom. The van der Waals surface area contributed by atoms with Gasteiger partial charge in [0.1, 0.15) is 0 Å². The van der Waals surface area contributed by atoms with Crippen LogP contribution in [0.25, 0.3) is 0 Å². The van der Waals surface area contributed by atoms with Crippen LogP contribution in [0.5, 0.6) is 0 Å². The summed E-state index contributed by atoms with van der Waals surface area (Å²) >= 11 is 1.72. The molecular weight excluding hydrogens is 292 g/mol. The standard InChI is InChI=1S/C15H18N2OS.ClH/c1-11-5-6-12(16)10-14(11)15(18)17(2)8-7-13-4-3-9-19-13;/h3-6,9-10H,7-8,16H2,1-2H3;1H. The molecule has 1 aromatic carbocycles. The molecule has 20 heavy (non-hydrogen) atoms. The zero-order valence-corrected chi connectivity index (χ0v) is 13.3. The summed E-state index contributed by atoms with van der Waals surface area (Å²) in [6.07, 6.45) is 0.890. The van der Waals surface area contributed by atoms with Crippen molar-refractivity contribution in [2.24, 2.45) is 0 Å². The van der Waals surface area contributed by atoms with Gasteiger partial charge in [-0.1, -0.05) is 12.1 Å². The maximum absolute atomic E-state index is 12.4. The molecule has 0 fully saturated rings. The lowest BCUT2D eigenvalue weighted by atomic mass is 10.1. The minimum Gasteiger partial charge on any atom is -0.399 e. The van der Waals surface area contributed by atoms with Gasteiger partial charge >= 0.3 is 0 Å².